The number of benzene rings is 1. The minimum absolute atomic E-state index is 0.0709. The molecule has 108 valence electrons. The summed E-state index contributed by atoms with van der Waals surface area (Å²) in [5.41, 5.74) is -1.27. The smallest absolute Gasteiger partial charge is 0.387 e. The van der Waals surface area contributed by atoms with Crippen molar-refractivity contribution in [1.29, 1.82) is 0 Å². The Morgan fingerprint density at radius 1 is 1.25 bits per heavy atom. The van der Waals surface area contributed by atoms with Crippen molar-refractivity contribution in [2.45, 2.75) is 13.1 Å². The van der Waals surface area contributed by atoms with Crippen LogP contribution in [0, 0.1) is 12.7 Å². The van der Waals surface area contributed by atoms with Crippen LogP contribution in [0.3, 0.4) is 0 Å². The molecule has 2 nitrogen and oxygen atoms in total. The number of anilines is 1. The first-order chi connectivity index (χ1) is 9.18. The van der Waals surface area contributed by atoms with Crippen LogP contribution in [0.25, 0.3) is 10.9 Å². The lowest BCUT2D eigenvalue weighted by atomic mass is 10.1. The number of alkyl halides is 3. The maximum absolute atomic E-state index is 13.7. The number of fused-ring (bicyclic) bond motifs is 1. The van der Waals surface area contributed by atoms with Gasteiger partial charge in [-0.2, -0.15) is 13.2 Å². The summed E-state index contributed by atoms with van der Waals surface area (Å²) in [7, 11) is 1.42. The number of hydrogen-bond acceptors (Lipinski definition) is 2. The summed E-state index contributed by atoms with van der Waals surface area (Å²) < 4.78 is 52.5. The maximum Gasteiger partial charge on any atom is 0.433 e. The van der Waals surface area contributed by atoms with Crippen LogP contribution in [0.5, 0.6) is 0 Å². The largest absolute Gasteiger partial charge is 0.433 e. The molecule has 1 heterocycles. The highest BCUT2D eigenvalue weighted by molar-refractivity contribution is 6.39. The van der Waals surface area contributed by atoms with Crippen LogP contribution in [0.1, 0.15) is 11.3 Å². The van der Waals surface area contributed by atoms with Crippen LogP contribution in [-0.4, -0.2) is 12.0 Å². The van der Waals surface area contributed by atoms with Gasteiger partial charge in [0.1, 0.15) is 5.69 Å². The number of rotatable bonds is 1. The summed E-state index contributed by atoms with van der Waals surface area (Å²) in [6.07, 6.45) is -4.63. The molecule has 0 amide bonds. The van der Waals surface area contributed by atoms with Crippen LogP contribution >= 0.6 is 23.2 Å². The number of halogens is 6. The molecule has 1 aromatic heterocycles. The van der Waals surface area contributed by atoms with Crippen LogP contribution in [0.4, 0.5) is 23.2 Å². The van der Waals surface area contributed by atoms with Crippen molar-refractivity contribution >= 4 is 39.8 Å². The van der Waals surface area contributed by atoms with E-state index in [4.69, 9.17) is 23.2 Å². The third-order valence-electron chi connectivity index (χ3n) is 2.87. The summed E-state index contributed by atoms with van der Waals surface area (Å²) in [4.78, 5) is 3.52. The summed E-state index contributed by atoms with van der Waals surface area (Å²) >= 11 is 11.4. The molecule has 0 radical (unpaired) electrons. The van der Waals surface area contributed by atoms with E-state index in [-0.39, 0.29) is 32.2 Å². The molecule has 20 heavy (non-hydrogen) atoms. The van der Waals surface area contributed by atoms with E-state index >= 15 is 0 Å². The molecular formula is C12H8Cl2F4N2. The number of aromatic nitrogens is 1. The summed E-state index contributed by atoms with van der Waals surface area (Å²) in [5.74, 6) is -0.890. The number of nitrogens with zero attached hydrogens (tertiary/aromatic N) is 1. The van der Waals surface area contributed by atoms with E-state index < -0.39 is 17.7 Å². The van der Waals surface area contributed by atoms with Gasteiger partial charge in [-0.3, -0.25) is 0 Å². The van der Waals surface area contributed by atoms with Crippen molar-refractivity contribution in [1.82, 2.24) is 4.98 Å². The molecule has 0 fully saturated rings. The quantitative estimate of drug-likeness (QED) is 0.586. The summed E-state index contributed by atoms with van der Waals surface area (Å²) in [5, 5.41) is 1.93. The molecule has 2 rings (SSSR count). The van der Waals surface area contributed by atoms with Crippen molar-refractivity contribution in [3.63, 3.8) is 0 Å². The topological polar surface area (TPSA) is 24.9 Å². The first-order valence-corrected chi connectivity index (χ1v) is 6.16. The zero-order chi connectivity index (χ0) is 15.2. The van der Waals surface area contributed by atoms with E-state index in [9.17, 15) is 17.6 Å². The Kier molecular flexibility index (Phi) is 3.73. The fourth-order valence-corrected chi connectivity index (χ4v) is 2.55. The normalized spacial score (nSPS) is 12.0. The van der Waals surface area contributed by atoms with E-state index in [1.807, 2.05) is 0 Å². The molecular weight excluding hydrogens is 319 g/mol. The third-order valence-corrected chi connectivity index (χ3v) is 3.50. The van der Waals surface area contributed by atoms with Gasteiger partial charge >= 0.3 is 6.18 Å². The maximum atomic E-state index is 13.7. The monoisotopic (exact) mass is 326 g/mol. The second-order valence-corrected chi connectivity index (χ2v) is 4.87. The second kappa shape index (κ2) is 4.93. The molecule has 0 atom stereocenters. The molecule has 1 aromatic carbocycles. The number of nitrogens with one attached hydrogen (secondary N) is 1. The molecule has 0 bridgehead atoms. The first kappa shape index (κ1) is 15.1. The number of hydrogen-bond donors (Lipinski definition) is 1. The third kappa shape index (κ3) is 2.27. The highest BCUT2D eigenvalue weighted by atomic mass is 35.5. The highest BCUT2D eigenvalue weighted by Crippen LogP contribution is 2.41. The fourth-order valence-electron chi connectivity index (χ4n) is 2.01. The molecule has 1 N–H and O–H groups in total. The van der Waals surface area contributed by atoms with Gasteiger partial charge in [0, 0.05) is 18.0 Å². The Balaban J connectivity index is 3.00. The van der Waals surface area contributed by atoms with Crippen LogP contribution < -0.4 is 5.32 Å². The van der Waals surface area contributed by atoms with Crippen LogP contribution in [0.2, 0.25) is 10.0 Å². The molecule has 0 saturated carbocycles. The molecule has 0 unspecified atom stereocenters. The van der Waals surface area contributed by atoms with Crippen LogP contribution in [-0.2, 0) is 6.18 Å². The van der Waals surface area contributed by atoms with Gasteiger partial charge in [-0.1, -0.05) is 23.2 Å². The highest BCUT2D eigenvalue weighted by Gasteiger charge is 2.36. The van der Waals surface area contributed by atoms with Gasteiger partial charge < -0.3 is 5.32 Å². The Morgan fingerprint density at radius 3 is 2.35 bits per heavy atom. The van der Waals surface area contributed by atoms with Crippen molar-refractivity contribution in [2.24, 2.45) is 0 Å². The minimum atomic E-state index is -4.63. The second-order valence-electron chi connectivity index (χ2n) is 4.09. The SMILES string of the molecule is CNc1c(C)c(C(F)(F)F)nc2cc(Cl)c(F)c(Cl)c12. The molecule has 0 aliphatic heterocycles. The van der Waals surface area contributed by atoms with Crippen molar-refractivity contribution < 1.29 is 17.6 Å². The van der Waals surface area contributed by atoms with Gasteiger partial charge in [0.25, 0.3) is 0 Å². The predicted molar refractivity (Wildman–Crippen MR) is 71.0 cm³/mol. The lowest BCUT2D eigenvalue weighted by Crippen LogP contribution is -2.13. The zero-order valence-corrected chi connectivity index (χ0v) is 11.8. The van der Waals surface area contributed by atoms with Crippen molar-refractivity contribution in [3.8, 4) is 0 Å². The Hall–Kier alpha value is -1.27. The van der Waals surface area contributed by atoms with Gasteiger partial charge in [0.05, 0.1) is 21.2 Å². The van der Waals surface area contributed by atoms with Gasteiger partial charge in [-0.15, -0.1) is 0 Å². The van der Waals surface area contributed by atoms with Crippen molar-refractivity contribution in [3.05, 3.63) is 33.2 Å². The standard InChI is InChI=1S/C12H8Cl2F4N2/c1-4-10(19-2)7-6(20-11(4)12(16,17)18)3-5(13)9(15)8(7)14/h3H,1-2H3,(H,19,20). The zero-order valence-electron chi connectivity index (χ0n) is 10.3. The fraction of sp³-hybridized carbons (Fsp3) is 0.250. The molecule has 8 heteroatoms. The average molecular weight is 327 g/mol. The van der Waals surface area contributed by atoms with E-state index in [1.165, 1.54) is 14.0 Å². The van der Waals surface area contributed by atoms with E-state index in [2.05, 4.69) is 10.3 Å². The minimum Gasteiger partial charge on any atom is -0.387 e. The first-order valence-electron chi connectivity index (χ1n) is 5.41. The lowest BCUT2D eigenvalue weighted by molar-refractivity contribution is -0.141. The Labute approximate surface area is 121 Å². The van der Waals surface area contributed by atoms with E-state index in [0.29, 0.717) is 0 Å². The van der Waals surface area contributed by atoms with E-state index in [0.717, 1.165) is 6.07 Å². The van der Waals surface area contributed by atoms with Gasteiger partial charge in [-0.05, 0) is 13.0 Å². The molecule has 0 spiro atoms. The van der Waals surface area contributed by atoms with Crippen molar-refractivity contribution in [2.75, 3.05) is 12.4 Å². The molecule has 0 aliphatic carbocycles. The van der Waals surface area contributed by atoms with E-state index in [1.54, 1.807) is 0 Å². The van der Waals surface area contributed by atoms with Gasteiger partial charge in [0.2, 0.25) is 0 Å². The molecule has 0 aliphatic rings. The molecule has 2 aromatic rings. The molecule has 0 saturated heterocycles. The summed E-state index contributed by atoms with van der Waals surface area (Å²) in [6.45, 7) is 1.24. The lowest BCUT2D eigenvalue weighted by Gasteiger charge is -2.17. The van der Waals surface area contributed by atoms with Gasteiger partial charge in [0.15, 0.2) is 5.82 Å². The number of pyridine rings is 1. The predicted octanol–water partition coefficient (Wildman–Crippen LogP) is 5.05. The summed E-state index contributed by atoms with van der Waals surface area (Å²) in [6, 6.07) is 1.02. The Morgan fingerprint density at radius 2 is 1.85 bits per heavy atom. The van der Waals surface area contributed by atoms with Gasteiger partial charge in [-0.25, -0.2) is 9.37 Å². The average Bonchev–Trinajstić information content (AvgIpc) is 2.35. The van der Waals surface area contributed by atoms with Crippen LogP contribution in [0.15, 0.2) is 6.07 Å². The Bertz CT molecular complexity index is 698.